The molecule has 0 aliphatic heterocycles. The number of nitrogens with one attached hydrogen (secondary N) is 1. The standard InChI is InChI=1S/C10H15N5/c1-11-3-4-15-8-12-6-10(15)9-5-13-14(2)7-9/h5-8,11H,3-4H2,1-2H3. The zero-order chi connectivity index (χ0) is 10.7. The van der Waals surface area contributed by atoms with E-state index in [9.17, 15) is 0 Å². The summed E-state index contributed by atoms with van der Waals surface area (Å²) in [7, 11) is 3.86. The number of aromatic nitrogens is 4. The molecule has 15 heavy (non-hydrogen) atoms. The molecule has 2 aromatic heterocycles. The quantitative estimate of drug-likeness (QED) is 0.790. The predicted molar refractivity (Wildman–Crippen MR) is 58.4 cm³/mol. The minimum atomic E-state index is 0.917. The number of nitrogens with zero attached hydrogens (tertiary/aromatic N) is 4. The molecule has 0 spiro atoms. The summed E-state index contributed by atoms with van der Waals surface area (Å²) in [5.41, 5.74) is 2.21. The van der Waals surface area contributed by atoms with Gasteiger partial charge in [-0.05, 0) is 7.05 Å². The Morgan fingerprint density at radius 1 is 1.40 bits per heavy atom. The van der Waals surface area contributed by atoms with Crippen LogP contribution in [0.1, 0.15) is 0 Å². The van der Waals surface area contributed by atoms with Crippen LogP contribution in [0.25, 0.3) is 11.3 Å². The van der Waals surface area contributed by atoms with E-state index in [1.54, 1.807) is 4.68 Å². The maximum Gasteiger partial charge on any atom is 0.0951 e. The number of hydrogen-bond donors (Lipinski definition) is 1. The molecule has 80 valence electrons. The van der Waals surface area contributed by atoms with Crippen LogP contribution < -0.4 is 5.32 Å². The van der Waals surface area contributed by atoms with Crippen LogP contribution in [0.4, 0.5) is 0 Å². The summed E-state index contributed by atoms with van der Waals surface area (Å²) in [4.78, 5) is 4.16. The Morgan fingerprint density at radius 3 is 2.93 bits per heavy atom. The van der Waals surface area contributed by atoms with E-state index < -0.39 is 0 Å². The van der Waals surface area contributed by atoms with Crippen LogP contribution in [0.3, 0.4) is 0 Å². The molecule has 0 aromatic carbocycles. The second-order valence-corrected chi connectivity index (χ2v) is 3.48. The lowest BCUT2D eigenvalue weighted by Gasteiger charge is -2.05. The minimum Gasteiger partial charge on any atom is -0.329 e. The van der Waals surface area contributed by atoms with Gasteiger partial charge in [-0.25, -0.2) is 4.98 Å². The van der Waals surface area contributed by atoms with Gasteiger partial charge < -0.3 is 9.88 Å². The first-order valence-electron chi connectivity index (χ1n) is 4.95. The van der Waals surface area contributed by atoms with Crippen molar-refractivity contribution in [2.45, 2.75) is 6.54 Å². The third kappa shape index (κ3) is 2.07. The summed E-state index contributed by atoms with van der Waals surface area (Å²) in [6.45, 7) is 1.85. The first kappa shape index (κ1) is 9.92. The molecule has 0 saturated heterocycles. The highest BCUT2D eigenvalue weighted by Crippen LogP contribution is 2.17. The second kappa shape index (κ2) is 4.27. The Balaban J connectivity index is 2.24. The van der Waals surface area contributed by atoms with E-state index in [1.807, 2.05) is 39.0 Å². The van der Waals surface area contributed by atoms with Crippen molar-refractivity contribution in [3.63, 3.8) is 0 Å². The van der Waals surface area contributed by atoms with E-state index in [2.05, 4.69) is 20.0 Å². The first-order valence-corrected chi connectivity index (χ1v) is 4.95. The zero-order valence-corrected chi connectivity index (χ0v) is 9.01. The highest BCUT2D eigenvalue weighted by Gasteiger charge is 2.05. The number of likely N-dealkylation sites (N-methyl/N-ethyl adjacent to an activating group) is 1. The molecule has 0 amide bonds. The van der Waals surface area contributed by atoms with Crippen molar-refractivity contribution in [1.29, 1.82) is 0 Å². The van der Waals surface area contributed by atoms with Gasteiger partial charge in [-0.1, -0.05) is 0 Å². The summed E-state index contributed by atoms with van der Waals surface area (Å²) in [6.07, 6.45) is 7.56. The van der Waals surface area contributed by atoms with Gasteiger partial charge in [0.25, 0.3) is 0 Å². The molecule has 0 aliphatic rings. The van der Waals surface area contributed by atoms with Crippen LogP contribution in [0.15, 0.2) is 24.9 Å². The predicted octanol–water partition coefficient (Wildman–Crippen LogP) is 0.503. The summed E-state index contributed by atoms with van der Waals surface area (Å²) < 4.78 is 3.91. The molecular weight excluding hydrogens is 190 g/mol. The molecule has 0 aliphatic carbocycles. The summed E-state index contributed by atoms with van der Waals surface area (Å²) in [5, 5.41) is 7.27. The second-order valence-electron chi connectivity index (χ2n) is 3.48. The van der Waals surface area contributed by atoms with E-state index in [0.717, 1.165) is 24.3 Å². The average molecular weight is 205 g/mol. The number of aryl methyl sites for hydroxylation is 1. The van der Waals surface area contributed by atoms with Gasteiger partial charge in [-0.2, -0.15) is 5.10 Å². The molecule has 2 rings (SSSR count). The van der Waals surface area contributed by atoms with Crippen molar-refractivity contribution in [2.24, 2.45) is 7.05 Å². The zero-order valence-electron chi connectivity index (χ0n) is 9.01. The van der Waals surface area contributed by atoms with Crippen molar-refractivity contribution in [2.75, 3.05) is 13.6 Å². The fraction of sp³-hybridized carbons (Fsp3) is 0.400. The van der Waals surface area contributed by atoms with Gasteiger partial charge in [-0.15, -0.1) is 0 Å². The van der Waals surface area contributed by atoms with E-state index in [1.165, 1.54) is 0 Å². The first-order chi connectivity index (χ1) is 7.31. The largest absolute Gasteiger partial charge is 0.329 e. The summed E-state index contributed by atoms with van der Waals surface area (Å²) in [6, 6.07) is 0. The van der Waals surface area contributed by atoms with Crippen LogP contribution >= 0.6 is 0 Å². The third-order valence-corrected chi connectivity index (χ3v) is 2.32. The van der Waals surface area contributed by atoms with Gasteiger partial charge in [0.15, 0.2) is 0 Å². The highest BCUT2D eigenvalue weighted by atomic mass is 15.2. The Morgan fingerprint density at radius 2 is 2.27 bits per heavy atom. The van der Waals surface area contributed by atoms with Gasteiger partial charge >= 0.3 is 0 Å². The van der Waals surface area contributed by atoms with Crippen molar-refractivity contribution in [1.82, 2.24) is 24.6 Å². The molecule has 0 unspecified atom stereocenters. The Hall–Kier alpha value is -1.62. The topological polar surface area (TPSA) is 47.7 Å². The molecule has 0 atom stereocenters. The third-order valence-electron chi connectivity index (χ3n) is 2.32. The highest BCUT2D eigenvalue weighted by molar-refractivity contribution is 5.56. The Labute approximate surface area is 88.7 Å². The summed E-state index contributed by atoms with van der Waals surface area (Å²) >= 11 is 0. The van der Waals surface area contributed by atoms with Gasteiger partial charge in [0.1, 0.15) is 0 Å². The normalized spacial score (nSPS) is 10.8. The lowest BCUT2D eigenvalue weighted by Crippen LogP contribution is -2.14. The SMILES string of the molecule is CNCCn1cncc1-c1cnn(C)c1. The van der Waals surface area contributed by atoms with E-state index in [4.69, 9.17) is 0 Å². The van der Waals surface area contributed by atoms with Crippen molar-refractivity contribution < 1.29 is 0 Å². The lowest BCUT2D eigenvalue weighted by atomic mass is 10.3. The molecule has 2 aromatic rings. The van der Waals surface area contributed by atoms with Gasteiger partial charge in [0.05, 0.1) is 24.4 Å². The van der Waals surface area contributed by atoms with Crippen molar-refractivity contribution in [3.05, 3.63) is 24.9 Å². The molecule has 0 radical (unpaired) electrons. The molecule has 2 heterocycles. The Kier molecular flexibility index (Phi) is 2.82. The summed E-state index contributed by atoms with van der Waals surface area (Å²) in [5.74, 6) is 0. The molecule has 1 N–H and O–H groups in total. The minimum absolute atomic E-state index is 0.917. The van der Waals surface area contributed by atoms with E-state index >= 15 is 0 Å². The lowest BCUT2D eigenvalue weighted by molar-refractivity contribution is 0.648. The molecular formula is C10H15N5. The van der Waals surface area contributed by atoms with Crippen LogP contribution in [-0.2, 0) is 13.6 Å². The maximum absolute atomic E-state index is 4.16. The van der Waals surface area contributed by atoms with Gasteiger partial charge in [0.2, 0.25) is 0 Å². The average Bonchev–Trinajstić information content (AvgIpc) is 2.82. The van der Waals surface area contributed by atoms with Crippen LogP contribution in [0.5, 0.6) is 0 Å². The smallest absolute Gasteiger partial charge is 0.0951 e. The van der Waals surface area contributed by atoms with Crippen LogP contribution in [0, 0.1) is 0 Å². The number of hydrogen-bond acceptors (Lipinski definition) is 3. The fourth-order valence-electron chi connectivity index (χ4n) is 1.53. The molecule has 0 saturated carbocycles. The van der Waals surface area contributed by atoms with Crippen LogP contribution in [0.2, 0.25) is 0 Å². The molecule has 0 fully saturated rings. The van der Waals surface area contributed by atoms with Gasteiger partial charge in [0, 0.05) is 31.9 Å². The fourth-order valence-corrected chi connectivity index (χ4v) is 1.53. The van der Waals surface area contributed by atoms with Crippen LogP contribution in [-0.4, -0.2) is 32.9 Å². The van der Waals surface area contributed by atoms with Crippen molar-refractivity contribution in [3.8, 4) is 11.3 Å². The molecule has 0 bridgehead atoms. The van der Waals surface area contributed by atoms with E-state index in [-0.39, 0.29) is 0 Å². The van der Waals surface area contributed by atoms with Crippen molar-refractivity contribution >= 4 is 0 Å². The molecule has 5 nitrogen and oxygen atoms in total. The monoisotopic (exact) mass is 205 g/mol. The van der Waals surface area contributed by atoms with E-state index in [0.29, 0.717) is 0 Å². The number of imidazole rings is 1. The van der Waals surface area contributed by atoms with Gasteiger partial charge in [-0.3, -0.25) is 4.68 Å². The maximum atomic E-state index is 4.16. The Bertz CT molecular complexity index is 428. The molecule has 5 heteroatoms. The number of rotatable bonds is 4.